The van der Waals surface area contributed by atoms with Crippen LogP contribution in [0, 0.1) is 6.92 Å². The second kappa shape index (κ2) is 7.23. The van der Waals surface area contributed by atoms with Crippen molar-refractivity contribution in [2.45, 2.75) is 13.3 Å². The fourth-order valence-corrected chi connectivity index (χ4v) is 2.35. The van der Waals surface area contributed by atoms with Gasteiger partial charge in [0.25, 0.3) is 0 Å². The number of nitrogens with one attached hydrogen (secondary N) is 1. The molecule has 8 heteroatoms. The van der Waals surface area contributed by atoms with Crippen molar-refractivity contribution >= 4 is 23.2 Å². The Kier molecular flexibility index (Phi) is 5.33. The summed E-state index contributed by atoms with van der Waals surface area (Å²) in [6.45, 7) is 1.72. The molecule has 0 saturated heterocycles. The molecule has 0 bridgehead atoms. The molecule has 0 radical (unpaired) electrons. The van der Waals surface area contributed by atoms with Crippen molar-refractivity contribution in [1.82, 2.24) is 5.16 Å². The van der Waals surface area contributed by atoms with E-state index in [1.807, 2.05) is 0 Å². The summed E-state index contributed by atoms with van der Waals surface area (Å²) in [5.74, 6) is 0.976. The molecule has 0 spiro atoms. The number of hydrogen-bond acceptors (Lipinski definition) is 6. The molecule has 1 heterocycles. The molecule has 0 aliphatic heterocycles. The maximum atomic E-state index is 12.2. The van der Waals surface area contributed by atoms with E-state index in [2.05, 4.69) is 10.5 Å². The highest BCUT2D eigenvalue weighted by molar-refractivity contribution is 6.29. The highest BCUT2D eigenvalue weighted by Gasteiger charge is 2.19. The number of aromatic nitrogens is 1. The number of aryl methyl sites for hydroxylation is 1. The van der Waals surface area contributed by atoms with E-state index in [1.165, 1.54) is 21.3 Å². The lowest BCUT2D eigenvalue weighted by atomic mass is 10.2. The van der Waals surface area contributed by atoms with Crippen LogP contribution in [0.2, 0.25) is 5.22 Å². The number of anilines is 1. The summed E-state index contributed by atoms with van der Waals surface area (Å²) in [7, 11) is 4.49. The van der Waals surface area contributed by atoms with Gasteiger partial charge in [0, 0.05) is 5.56 Å². The van der Waals surface area contributed by atoms with Crippen molar-refractivity contribution in [3.63, 3.8) is 0 Å². The molecule has 0 fully saturated rings. The molecule has 1 aromatic heterocycles. The van der Waals surface area contributed by atoms with E-state index in [4.69, 9.17) is 30.3 Å². The fourth-order valence-electron chi connectivity index (χ4n) is 2.11. The van der Waals surface area contributed by atoms with Gasteiger partial charge in [-0.05, 0) is 30.7 Å². The van der Waals surface area contributed by atoms with Crippen LogP contribution < -0.4 is 19.5 Å². The summed E-state index contributed by atoms with van der Waals surface area (Å²) >= 11 is 5.87. The van der Waals surface area contributed by atoms with Crippen molar-refractivity contribution in [2.75, 3.05) is 26.6 Å². The largest absolute Gasteiger partial charge is 0.493 e. The third-order valence-corrected chi connectivity index (χ3v) is 3.55. The van der Waals surface area contributed by atoms with E-state index in [-0.39, 0.29) is 17.5 Å². The molecule has 0 aliphatic rings. The first-order valence-corrected chi connectivity index (χ1v) is 7.09. The van der Waals surface area contributed by atoms with Gasteiger partial charge < -0.3 is 24.1 Å². The number of methoxy groups -OCH3 is 3. The Bertz CT molecular complexity index is 695. The van der Waals surface area contributed by atoms with Crippen LogP contribution >= 0.6 is 11.6 Å². The summed E-state index contributed by atoms with van der Waals surface area (Å²) in [6.07, 6.45) is 0.0334. The Balaban J connectivity index is 2.24. The Labute approximate surface area is 138 Å². The number of hydrogen-bond donors (Lipinski definition) is 1. The lowest BCUT2D eigenvalue weighted by Gasteiger charge is -2.16. The molecular weight excluding hydrogens is 324 g/mol. The normalized spacial score (nSPS) is 10.3. The monoisotopic (exact) mass is 340 g/mol. The zero-order chi connectivity index (χ0) is 17.0. The number of amides is 1. The van der Waals surface area contributed by atoms with Gasteiger partial charge in [-0.2, -0.15) is 0 Å². The van der Waals surface area contributed by atoms with Gasteiger partial charge in [0.15, 0.2) is 11.5 Å². The van der Waals surface area contributed by atoms with E-state index < -0.39 is 0 Å². The van der Waals surface area contributed by atoms with Crippen LogP contribution in [0.15, 0.2) is 16.7 Å². The number of nitrogens with zero attached hydrogens (tertiary/aromatic N) is 1. The van der Waals surface area contributed by atoms with Crippen LogP contribution in [0.1, 0.15) is 11.3 Å². The first-order valence-electron chi connectivity index (χ1n) is 6.71. The maximum absolute atomic E-state index is 12.2. The minimum atomic E-state index is -0.288. The summed E-state index contributed by atoms with van der Waals surface area (Å²) in [6, 6.07) is 3.34. The van der Waals surface area contributed by atoms with Crippen LogP contribution in [0.3, 0.4) is 0 Å². The summed E-state index contributed by atoms with van der Waals surface area (Å²) < 4.78 is 20.6. The predicted octanol–water partition coefficient (Wildman–Crippen LogP) is 2.84. The van der Waals surface area contributed by atoms with Crippen molar-refractivity contribution in [3.8, 4) is 17.2 Å². The Morgan fingerprint density at radius 3 is 2.43 bits per heavy atom. The molecule has 1 amide bonds. The standard InChI is InChI=1S/C15H17ClN2O5/c1-8-9(15(16)23-18-8)7-12(19)17-10-5-6-11(20-2)14(22-4)13(10)21-3/h5-6H,7H2,1-4H3,(H,17,19). The predicted molar refractivity (Wildman–Crippen MR) is 84.7 cm³/mol. The second-order valence-electron chi connectivity index (χ2n) is 4.63. The maximum Gasteiger partial charge on any atom is 0.229 e. The Hall–Kier alpha value is -2.41. The zero-order valence-corrected chi connectivity index (χ0v) is 14.0. The lowest BCUT2D eigenvalue weighted by Crippen LogP contribution is -2.15. The van der Waals surface area contributed by atoms with Crippen molar-refractivity contribution in [3.05, 3.63) is 28.6 Å². The molecule has 0 unspecified atom stereocenters. The van der Waals surface area contributed by atoms with Gasteiger partial charge >= 0.3 is 0 Å². The molecule has 124 valence electrons. The van der Waals surface area contributed by atoms with E-state index >= 15 is 0 Å². The molecule has 2 rings (SSSR count). The van der Waals surface area contributed by atoms with E-state index in [0.29, 0.717) is 34.2 Å². The van der Waals surface area contributed by atoms with Crippen molar-refractivity contribution in [2.24, 2.45) is 0 Å². The van der Waals surface area contributed by atoms with Gasteiger partial charge in [0.1, 0.15) is 0 Å². The molecule has 0 aliphatic carbocycles. The smallest absolute Gasteiger partial charge is 0.229 e. The molecule has 0 saturated carbocycles. The van der Waals surface area contributed by atoms with Crippen LogP contribution in [-0.4, -0.2) is 32.4 Å². The zero-order valence-electron chi connectivity index (χ0n) is 13.2. The van der Waals surface area contributed by atoms with Gasteiger partial charge in [-0.3, -0.25) is 4.79 Å². The van der Waals surface area contributed by atoms with Crippen molar-refractivity contribution in [1.29, 1.82) is 0 Å². The molecule has 7 nitrogen and oxygen atoms in total. The SMILES string of the molecule is COc1ccc(NC(=O)Cc2c(C)noc2Cl)c(OC)c1OC. The second-order valence-corrected chi connectivity index (χ2v) is 4.97. The topological polar surface area (TPSA) is 82.8 Å². The quantitative estimate of drug-likeness (QED) is 0.870. The van der Waals surface area contributed by atoms with Crippen LogP contribution in [0.4, 0.5) is 5.69 Å². The highest BCUT2D eigenvalue weighted by Crippen LogP contribution is 2.42. The first kappa shape index (κ1) is 17.0. The average Bonchev–Trinajstić information content (AvgIpc) is 2.86. The van der Waals surface area contributed by atoms with E-state index in [1.54, 1.807) is 19.1 Å². The minimum absolute atomic E-state index is 0.0334. The van der Waals surface area contributed by atoms with Gasteiger partial charge in [0.05, 0.1) is 39.1 Å². The van der Waals surface area contributed by atoms with Gasteiger partial charge in [-0.15, -0.1) is 0 Å². The molecule has 23 heavy (non-hydrogen) atoms. The summed E-state index contributed by atoms with van der Waals surface area (Å²) in [5, 5.41) is 6.57. The molecular formula is C15H17ClN2O5. The molecule has 2 aromatic rings. The van der Waals surface area contributed by atoms with Gasteiger partial charge in [-0.1, -0.05) is 5.16 Å². The number of carbonyl (C=O) groups is 1. The third kappa shape index (κ3) is 3.50. The number of carbonyl (C=O) groups excluding carboxylic acids is 1. The number of benzene rings is 1. The third-order valence-electron chi connectivity index (χ3n) is 3.25. The number of halogens is 1. The van der Waals surface area contributed by atoms with Crippen LogP contribution in [0.5, 0.6) is 17.2 Å². The Morgan fingerprint density at radius 1 is 1.22 bits per heavy atom. The molecule has 1 aromatic carbocycles. The lowest BCUT2D eigenvalue weighted by molar-refractivity contribution is -0.115. The Morgan fingerprint density at radius 2 is 1.91 bits per heavy atom. The highest BCUT2D eigenvalue weighted by atomic mass is 35.5. The van der Waals surface area contributed by atoms with Gasteiger partial charge in [0.2, 0.25) is 16.9 Å². The van der Waals surface area contributed by atoms with Crippen LogP contribution in [0.25, 0.3) is 0 Å². The molecule has 1 N–H and O–H groups in total. The van der Waals surface area contributed by atoms with Crippen LogP contribution in [-0.2, 0) is 11.2 Å². The first-order chi connectivity index (χ1) is 11.0. The molecule has 0 atom stereocenters. The average molecular weight is 341 g/mol. The fraction of sp³-hybridized carbons (Fsp3) is 0.333. The minimum Gasteiger partial charge on any atom is -0.493 e. The summed E-state index contributed by atoms with van der Waals surface area (Å²) in [4.78, 5) is 12.2. The number of ether oxygens (including phenoxy) is 3. The van der Waals surface area contributed by atoms with Gasteiger partial charge in [-0.25, -0.2) is 0 Å². The van der Waals surface area contributed by atoms with E-state index in [9.17, 15) is 4.79 Å². The number of rotatable bonds is 6. The van der Waals surface area contributed by atoms with Crippen molar-refractivity contribution < 1.29 is 23.5 Å². The van der Waals surface area contributed by atoms with E-state index in [0.717, 1.165) is 0 Å². The summed E-state index contributed by atoms with van der Waals surface area (Å²) in [5.41, 5.74) is 1.58.